The highest BCUT2D eigenvalue weighted by molar-refractivity contribution is 5.41. The summed E-state index contributed by atoms with van der Waals surface area (Å²) >= 11 is 0. The first-order chi connectivity index (χ1) is 9.57. The average molecular weight is 268 g/mol. The molecule has 4 heteroatoms. The fourth-order valence-electron chi connectivity index (χ4n) is 1.99. The molecule has 1 N–H and O–H groups in total. The summed E-state index contributed by atoms with van der Waals surface area (Å²) in [6, 6.07) is 10.7. The zero-order chi connectivity index (χ0) is 14.6. The molecule has 0 radical (unpaired) electrons. The number of hydrogen-bond donors (Lipinski definition) is 1. The standard InChI is InChI=1S/C16H16N2O2/c1-3-20-15-8-14(10-18-11-15)16(2,19)13-6-4-5-12(7-13)9-17/h4-8,10-11,19H,3H2,1-2H3. The molecule has 0 saturated carbocycles. The molecule has 4 nitrogen and oxygen atoms in total. The van der Waals surface area contributed by atoms with E-state index in [1.54, 1.807) is 49.6 Å². The van der Waals surface area contributed by atoms with Gasteiger partial charge in [0.1, 0.15) is 11.4 Å². The Balaban J connectivity index is 2.43. The molecular formula is C16H16N2O2. The Bertz CT molecular complexity index is 645. The topological polar surface area (TPSA) is 66.1 Å². The monoisotopic (exact) mass is 268 g/mol. The molecule has 0 spiro atoms. The molecule has 102 valence electrons. The summed E-state index contributed by atoms with van der Waals surface area (Å²) < 4.78 is 5.40. The Labute approximate surface area is 118 Å². The van der Waals surface area contributed by atoms with Crippen LogP contribution < -0.4 is 4.74 Å². The molecule has 0 saturated heterocycles. The molecular weight excluding hydrogens is 252 g/mol. The minimum atomic E-state index is -1.23. The van der Waals surface area contributed by atoms with E-state index in [9.17, 15) is 5.11 Å². The molecule has 1 aromatic carbocycles. The fourth-order valence-corrected chi connectivity index (χ4v) is 1.99. The van der Waals surface area contributed by atoms with Gasteiger partial charge >= 0.3 is 0 Å². The van der Waals surface area contributed by atoms with Crippen molar-refractivity contribution in [2.24, 2.45) is 0 Å². The first-order valence-corrected chi connectivity index (χ1v) is 6.39. The lowest BCUT2D eigenvalue weighted by Gasteiger charge is -2.24. The lowest BCUT2D eigenvalue weighted by atomic mass is 9.88. The predicted octanol–water partition coefficient (Wildman–Crippen LogP) is 2.61. The van der Waals surface area contributed by atoms with E-state index in [4.69, 9.17) is 10.00 Å². The van der Waals surface area contributed by atoms with Crippen molar-refractivity contribution in [1.82, 2.24) is 4.98 Å². The zero-order valence-corrected chi connectivity index (χ0v) is 11.5. The van der Waals surface area contributed by atoms with E-state index in [-0.39, 0.29) is 0 Å². The third-order valence-electron chi connectivity index (χ3n) is 3.14. The quantitative estimate of drug-likeness (QED) is 0.925. The van der Waals surface area contributed by atoms with E-state index in [0.29, 0.717) is 29.0 Å². The van der Waals surface area contributed by atoms with Crippen molar-refractivity contribution in [2.45, 2.75) is 19.4 Å². The van der Waals surface area contributed by atoms with Crippen LogP contribution in [0.15, 0.2) is 42.7 Å². The van der Waals surface area contributed by atoms with Crippen LogP contribution >= 0.6 is 0 Å². The largest absolute Gasteiger partial charge is 0.492 e. The minimum absolute atomic E-state index is 0.511. The van der Waals surface area contributed by atoms with Gasteiger partial charge in [0.05, 0.1) is 24.4 Å². The zero-order valence-electron chi connectivity index (χ0n) is 11.5. The first kappa shape index (κ1) is 14.0. The number of hydrogen-bond acceptors (Lipinski definition) is 4. The van der Waals surface area contributed by atoms with Gasteiger partial charge in [0, 0.05) is 11.8 Å². The summed E-state index contributed by atoms with van der Waals surface area (Å²) in [4.78, 5) is 4.09. The van der Waals surface area contributed by atoms with Crippen LogP contribution in [-0.2, 0) is 5.60 Å². The Morgan fingerprint density at radius 2 is 2.10 bits per heavy atom. The minimum Gasteiger partial charge on any atom is -0.492 e. The Morgan fingerprint density at radius 3 is 2.80 bits per heavy atom. The maximum absolute atomic E-state index is 10.8. The molecule has 2 rings (SSSR count). The van der Waals surface area contributed by atoms with E-state index in [2.05, 4.69) is 11.1 Å². The van der Waals surface area contributed by atoms with Gasteiger partial charge < -0.3 is 9.84 Å². The molecule has 0 fully saturated rings. The molecule has 1 aromatic heterocycles. The second-order valence-electron chi connectivity index (χ2n) is 4.61. The van der Waals surface area contributed by atoms with Crippen LogP contribution in [0.3, 0.4) is 0 Å². The maximum Gasteiger partial charge on any atom is 0.137 e. The average Bonchev–Trinajstić information content (AvgIpc) is 2.48. The number of ether oxygens (including phenoxy) is 1. The van der Waals surface area contributed by atoms with Gasteiger partial charge in [-0.05, 0) is 37.6 Å². The lowest BCUT2D eigenvalue weighted by molar-refractivity contribution is 0.101. The molecule has 1 heterocycles. The molecule has 1 atom stereocenters. The number of pyridine rings is 1. The third-order valence-corrected chi connectivity index (χ3v) is 3.14. The molecule has 0 amide bonds. The number of benzene rings is 1. The van der Waals surface area contributed by atoms with Crippen LogP contribution in [0.1, 0.15) is 30.5 Å². The molecule has 20 heavy (non-hydrogen) atoms. The second kappa shape index (κ2) is 5.72. The van der Waals surface area contributed by atoms with E-state index < -0.39 is 5.60 Å². The first-order valence-electron chi connectivity index (χ1n) is 6.39. The number of aliphatic hydroxyl groups is 1. The van der Waals surface area contributed by atoms with Crippen molar-refractivity contribution in [3.8, 4) is 11.8 Å². The van der Waals surface area contributed by atoms with Crippen LogP contribution in [0, 0.1) is 11.3 Å². The molecule has 2 aromatic rings. The van der Waals surface area contributed by atoms with Crippen molar-refractivity contribution in [2.75, 3.05) is 6.61 Å². The van der Waals surface area contributed by atoms with E-state index >= 15 is 0 Å². The van der Waals surface area contributed by atoms with Crippen LogP contribution in [-0.4, -0.2) is 16.7 Å². The summed E-state index contributed by atoms with van der Waals surface area (Å²) in [6.07, 6.45) is 3.20. The third kappa shape index (κ3) is 2.79. The van der Waals surface area contributed by atoms with Crippen molar-refractivity contribution in [3.63, 3.8) is 0 Å². The Hall–Kier alpha value is -2.38. The van der Waals surface area contributed by atoms with Crippen LogP contribution in [0.2, 0.25) is 0 Å². The predicted molar refractivity (Wildman–Crippen MR) is 75.2 cm³/mol. The van der Waals surface area contributed by atoms with E-state index in [0.717, 1.165) is 0 Å². The van der Waals surface area contributed by atoms with Gasteiger partial charge in [-0.3, -0.25) is 4.98 Å². The van der Waals surface area contributed by atoms with Crippen molar-refractivity contribution >= 4 is 0 Å². The van der Waals surface area contributed by atoms with Crippen LogP contribution in [0.4, 0.5) is 0 Å². The molecule has 0 aliphatic heterocycles. The van der Waals surface area contributed by atoms with Gasteiger partial charge in [-0.25, -0.2) is 0 Å². The summed E-state index contributed by atoms with van der Waals surface area (Å²) in [5.74, 6) is 0.613. The van der Waals surface area contributed by atoms with Crippen molar-refractivity contribution in [1.29, 1.82) is 5.26 Å². The van der Waals surface area contributed by atoms with E-state index in [1.807, 2.05) is 6.92 Å². The van der Waals surface area contributed by atoms with Gasteiger partial charge in [0.25, 0.3) is 0 Å². The Kier molecular flexibility index (Phi) is 4.02. The number of rotatable bonds is 4. The lowest BCUT2D eigenvalue weighted by Crippen LogP contribution is -2.23. The molecule has 0 aliphatic carbocycles. The summed E-state index contributed by atoms with van der Waals surface area (Å²) in [5, 5.41) is 19.7. The van der Waals surface area contributed by atoms with Gasteiger partial charge in [0.2, 0.25) is 0 Å². The maximum atomic E-state index is 10.8. The molecule has 0 aliphatic rings. The van der Waals surface area contributed by atoms with Gasteiger partial charge in [-0.2, -0.15) is 5.26 Å². The summed E-state index contributed by atoms with van der Waals surface area (Å²) in [5.41, 5.74) is 0.551. The summed E-state index contributed by atoms with van der Waals surface area (Å²) in [6.45, 7) is 4.11. The van der Waals surface area contributed by atoms with Gasteiger partial charge in [-0.1, -0.05) is 12.1 Å². The van der Waals surface area contributed by atoms with Gasteiger partial charge in [-0.15, -0.1) is 0 Å². The highest BCUT2D eigenvalue weighted by atomic mass is 16.5. The molecule has 1 unspecified atom stereocenters. The van der Waals surface area contributed by atoms with Gasteiger partial charge in [0.15, 0.2) is 0 Å². The number of nitriles is 1. The van der Waals surface area contributed by atoms with Crippen LogP contribution in [0.25, 0.3) is 0 Å². The SMILES string of the molecule is CCOc1cncc(C(C)(O)c2cccc(C#N)c2)c1. The highest BCUT2D eigenvalue weighted by Gasteiger charge is 2.26. The Morgan fingerprint density at radius 1 is 1.30 bits per heavy atom. The van der Waals surface area contributed by atoms with Crippen molar-refractivity contribution in [3.05, 3.63) is 59.4 Å². The second-order valence-corrected chi connectivity index (χ2v) is 4.61. The smallest absolute Gasteiger partial charge is 0.137 e. The molecule has 0 bridgehead atoms. The van der Waals surface area contributed by atoms with Crippen LogP contribution in [0.5, 0.6) is 5.75 Å². The van der Waals surface area contributed by atoms with E-state index in [1.165, 1.54) is 0 Å². The summed E-state index contributed by atoms with van der Waals surface area (Å²) in [7, 11) is 0. The highest BCUT2D eigenvalue weighted by Crippen LogP contribution is 2.30. The normalized spacial score (nSPS) is 13.3. The fraction of sp³-hybridized carbons (Fsp3) is 0.250. The number of nitrogens with zero attached hydrogens (tertiary/aromatic N) is 2. The van der Waals surface area contributed by atoms with Crippen molar-refractivity contribution < 1.29 is 9.84 Å². The number of aromatic nitrogens is 1.